The Kier molecular flexibility index (Phi) is 5.16. The first kappa shape index (κ1) is 18.0. The second kappa shape index (κ2) is 7.72. The van der Waals surface area contributed by atoms with Crippen LogP contribution in [0.4, 0.5) is 0 Å². The molecular weight excluding hydrogens is 362 g/mol. The van der Waals surface area contributed by atoms with Crippen molar-refractivity contribution >= 4 is 28.4 Å². The second-order valence-electron chi connectivity index (χ2n) is 7.00. The lowest BCUT2D eigenvalue weighted by atomic mass is 10.00. The lowest BCUT2D eigenvalue weighted by Gasteiger charge is -2.30. The SMILES string of the molecule is O=C(NC[C@H](O)CN1CCc2ccccc2C1)c1cc2cccc(Cl)c2[nH]1. The van der Waals surface area contributed by atoms with Crippen molar-refractivity contribution in [2.24, 2.45) is 0 Å². The molecule has 0 spiro atoms. The number of aromatic amines is 1. The van der Waals surface area contributed by atoms with Crippen LogP contribution in [0.3, 0.4) is 0 Å². The molecule has 2 aromatic carbocycles. The van der Waals surface area contributed by atoms with E-state index >= 15 is 0 Å². The number of halogens is 1. The van der Waals surface area contributed by atoms with Gasteiger partial charge in [0.05, 0.1) is 16.6 Å². The minimum atomic E-state index is -0.618. The van der Waals surface area contributed by atoms with Gasteiger partial charge in [-0.2, -0.15) is 0 Å². The van der Waals surface area contributed by atoms with E-state index in [2.05, 4.69) is 33.4 Å². The molecule has 0 unspecified atom stereocenters. The topological polar surface area (TPSA) is 68.4 Å². The van der Waals surface area contributed by atoms with Gasteiger partial charge in [-0.1, -0.05) is 48.0 Å². The summed E-state index contributed by atoms with van der Waals surface area (Å²) in [6, 6.07) is 15.7. The van der Waals surface area contributed by atoms with Gasteiger partial charge in [-0.15, -0.1) is 0 Å². The van der Waals surface area contributed by atoms with Crippen molar-refractivity contribution in [3.8, 4) is 0 Å². The highest BCUT2D eigenvalue weighted by atomic mass is 35.5. The number of nitrogens with one attached hydrogen (secondary N) is 2. The van der Waals surface area contributed by atoms with E-state index in [1.54, 1.807) is 12.1 Å². The van der Waals surface area contributed by atoms with Crippen LogP contribution in [0, 0.1) is 0 Å². The standard InChI is InChI=1S/C21H22ClN3O2/c22-18-7-3-6-15-10-19(24-20(15)18)21(27)23-11-17(26)13-25-9-8-14-4-1-2-5-16(14)12-25/h1-7,10,17,24,26H,8-9,11-13H2,(H,23,27)/t17-/m0/s1. The van der Waals surface area contributed by atoms with Crippen LogP contribution < -0.4 is 5.32 Å². The van der Waals surface area contributed by atoms with Crippen LogP contribution in [0.1, 0.15) is 21.6 Å². The molecule has 0 aliphatic carbocycles. The Morgan fingerprint density at radius 2 is 2.04 bits per heavy atom. The van der Waals surface area contributed by atoms with Gasteiger partial charge in [0.15, 0.2) is 0 Å². The number of nitrogens with zero attached hydrogens (tertiary/aromatic N) is 1. The maximum atomic E-state index is 12.4. The Labute approximate surface area is 162 Å². The van der Waals surface area contributed by atoms with E-state index in [1.807, 2.05) is 18.2 Å². The zero-order valence-electron chi connectivity index (χ0n) is 14.9. The molecule has 1 aliphatic heterocycles. The van der Waals surface area contributed by atoms with Gasteiger partial charge in [-0.05, 0) is 29.7 Å². The number of carbonyl (C=O) groups excluding carboxylic acids is 1. The maximum absolute atomic E-state index is 12.4. The molecule has 0 saturated heterocycles. The summed E-state index contributed by atoms with van der Waals surface area (Å²) in [6.07, 6.45) is 0.373. The normalized spacial score (nSPS) is 15.5. The van der Waals surface area contributed by atoms with Crippen LogP contribution >= 0.6 is 11.6 Å². The molecule has 27 heavy (non-hydrogen) atoms. The summed E-state index contributed by atoms with van der Waals surface area (Å²) >= 11 is 6.14. The minimum Gasteiger partial charge on any atom is -0.390 e. The molecule has 0 fully saturated rings. The molecule has 3 aromatic rings. The summed E-state index contributed by atoms with van der Waals surface area (Å²) in [5, 5.41) is 14.6. The molecular formula is C21H22ClN3O2. The molecule has 1 aromatic heterocycles. The van der Waals surface area contributed by atoms with E-state index in [1.165, 1.54) is 11.1 Å². The van der Waals surface area contributed by atoms with Crippen molar-refractivity contribution in [1.29, 1.82) is 0 Å². The molecule has 1 amide bonds. The van der Waals surface area contributed by atoms with Crippen molar-refractivity contribution in [1.82, 2.24) is 15.2 Å². The average Bonchev–Trinajstić information content (AvgIpc) is 3.12. The number of aliphatic hydroxyl groups is 1. The van der Waals surface area contributed by atoms with E-state index < -0.39 is 6.10 Å². The number of H-pyrrole nitrogens is 1. The zero-order chi connectivity index (χ0) is 18.8. The van der Waals surface area contributed by atoms with E-state index in [4.69, 9.17) is 11.6 Å². The van der Waals surface area contributed by atoms with Gasteiger partial charge in [0.1, 0.15) is 5.69 Å². The lowest BCUT2D eigenvalue weighted by Crippen LogP contribution is -2.42. The monoisotopic (exact) mass is 383 g/mol. The van der Waals surface area contributed by atoms with Crippen LogP contribution in [0.5, 0.6) is 0 Å². The highest BCUT2D eigenvalue weighted by molar-refractivity contribution is 6.35. The molecule has 140 valence electrons. The summed E-state index contributed by atoms with van der Waals surface area (Å²) < 4.78 is 0. The third-order valence-electron chi connectivity index (χ3n) is 5.03. The number of fused-ring (bicyclic) bond motifs is 2. The number of rotatable bonds is 5. The van der Waals surface area contributed by atoms with Crippen LogP contribution in [-0.4, -0.2) is 46.6 Å². The number of aliphatic hydroxyl groups excluding tert-OH is 1. The van der Waals surface area contributed by atoms with Crippen LogP contribution in [0.2, 0.25) is 5.02 Å². The van der Waals surface area contributed by atoms with Gasteiger partial charge in [0.2, 0.25) is 0 Å². The first-order valence-electron chi connectivity index (χ1n) is 9.13. The van der Waals surface area contributed by atoms with Crippen molar-refractivity contribution in [3.63, 3.8) is 0 Å². The molecule has 0 saturated carbocycles. The lowest BCUT2D eigenvalue weighted by molar-refractivity contribution is 0.0838. The predicted molar refractivity (Wildman–Crippen MR) is 107 cm³/mol. The first-order valence-corrected chi connectivity index (χ1v) is 9.50. The fourth-order valence-electron chi connectivity index (χ4n) is 3.62. The largest absolute Gasteiger partial charge is 0.390 e. The summed E-state index contributed by atoms with van der Waals surface area (Å²) in [5.74, 6) is -0.245. The van der Waals surface area contributed by atoms with Gasteiger partial charge in [0.25, 0.3) is 5.91 Å². The number of hydrogen-bond acceptors (Lipinski definition) is 3. The smallest absolute Gasteiger partial charge is 0.267 e. The van der Waals surface area contributed by atoms with Crippen LogP contribution in [0.15, 0.2) is 48.5 Å². The van der Waals surface area contributed by atoms with Crippen molar-refractivity contribution in [2.45, 2.75) is 19.1 Å². The molecule has 0 bridgehead atoms. The molecule has 3 N–H and O–H groups in total. The summed E-state index contributed by atoms with van der Waals surface area (Å²) in [4.78, 5) is 17.6. The second-order valence-corrected chi connectivity index (χ2v) is 7.41. The van der Waals surface area contributed by atoms with Gasteiger partial charge in [-0.3, -0.25) is 9.69 Å². The van der Waals surface area contributed by atoms with Gasteiger partial charge < -0.3 is 15.4 Å². The fourth-order valence-corrected chi connectivity index (χ4v) is 3.85. The Morgan fingerprint density at radius 1 is 1.22 bits per heavy atom. The molecule has 1 aliphatic rings. The average molecular weight is 384 g/mol. The zero-order valence-corrected chi connectivity index (χ0v) is 15.7. The van der Waals surface area contributed by atoms with Crippen molar-refractivity contribution < 1.29 is 9.90 Å². The van der Waals surface area contributed by atoms with Gasteiger partial charge in [-0.25, -0.2) is 0 Å². The molecule has 4 rings (SSSR count). The van der Waals surface area contributed by atoms with E-state index in [-0.39, 0.29) is 12.5 Å². The predicted octanol–water partition coefficient (Wildman–Crippen LogP) is 2.97. The molecule has 6 heteroatoms. The Bertz CT molecular complexity index is 969. The number of β-amino-alcohol motifs (C(OH)–C–C–N with tert-alkyl or cyclic N) is 1. The molecule has 0 radical (unpaired) electrons. The molecule has 5 nitrogen and oxygen atoms in total. The Balaban J connectivity index is 1.31. The van der Waals surface area contributed by atoms with Crippen molar-refractivity contribution in [3.05, 3.63) is 70.4 Å². The number of benzene rings is 2. The third kappa shape index (κ3) is 4.00. The van der Waals surface area contributed by atoms with Crippen LogP contribution in [-0.2, 0) is 13.0 Å². The van der Waals surface area contributed by atoms with Gasteiger partial charge >= 0.3 is 0 Å². The fraction of sp³-hybridized carbons (Fsp3) is 0.286. The Hall–Kier alpha value is -2.34. The Morgan fingerprint density at radius 3 is 2.85 bits per heavy atom. The summed E-state index contributed by atoms with van der Waals surface area (Å²) in [5.41, 5.74) is 3.89. The quantitative estimate of drug-likeness (QED) is 0.634. The van der Waals surface area contributed by atoms with Crippen LogP contribution in [0.25, 0.3) is 10.9 Å². The highest BCUT2D eigenvalue weighted by Crippen LogP contribution is 2.23. The number of hydrogen-bond donors (Lipinski definition) is 3. The third-order valence-corrected chi connectivity index (χ3v) is 5.34. The minimum absolute atomic E-state index is 0.208. The number of amides is 1. The van der Waals surface area contributed by atoms with Crippen molar-refractivity contribution in [2.75, 3.05) is 19.6 Å². The molecule has 2 heterocycles. The maximum Gasteiger partial charge on any atom is 0.267 e. The number of aromatic nitrogens is 1. The summed E-state index contributed by atoms with van der Waals surface area (Å²) in [7, 11) is 0. The highest BCUT2D eigenvalue weighted by Gasteiger charge is 2.19. The van der Waals surface area contributed by atoms with Gasteiger partial charge in [0, 0.05) is 31.6 Å². The van der Waals surface area contributed by atoms with E-state index in [0.29, 0.717) is 17.3 Å². The summed E-state index contributed by atoms with van der Waals surface area (Å²) in [6.45, 7) is 2.50. The molecule has 1 atom stereocenters. The number of para-hydroxylation sites is 1. The first-order chi connectivity index (χ1) is 13.1. The van der Waals surface area contributed by atoms with E-state index in [9.17, 15) is 9.90 Å². The number of carbonyl (C=O) groups is 1. The van der Waals surface area contributed by atoms with E-state index in [0.717, 1.165) is 30.4 Å².